The average Bonchev–Trinajstić information content (AvgIpc) is 2.36. The van der Waals surface area contributed by atoms with Crippen LogP contribution in [0.5, 0.6) is 5.75 Å². The van der Waals surface area contributed by atoms with Gasteiger partial charge in [0.15, 0.2) is 11.2 Å². The van der Waals surface area contributed by atoms with Crippen molar-refractivity contribution in [1.29, 1.82) is 0 Å². The minimum atomic E-state index is -1.02. The van der Waals surface area contributed by atoms with Gasteiger partial charge in [0.1, 0.15) is 5.75 Å². The van der Waals surface area contributed by atoms with E-state index < -0.39 is 22.8 Å². The molecule has 0 unspecified atom stereocenters. The molecule has 7 heteroatoms. The highest BCUT2D eigenvalue weighted by atomic mass is 16.5. The highest BCUT2D eigenvalue weighted by Gasteiger charge is 2.21. The summed E-state index contributed by atoms with van der Waals surface area (Å²) in [5, 5.41) is 21.7. The molecule has 1 amide bonds. The molecule has 0 saturated heterocycles. The number of carbonyl (C=O) groups excluding carboxylic acids is 1. The summed E-state index contributed by atoms with van der Waals surface area (Å²) in [6.07, 6.45) is 1.35. The minimum Gasteiger partial charge on any atom is -0.506 e. The molecule has 0 bridgehead atoms. The lowest BCUT2D eigenvalue weighted by molar-refractivity contribution is 0.0952. The average molecular weight is 235 g/mol. The zero-order valence-electron chi connectivity index (χ0n) is 8.84. The Balaban J connectivity index is 2.97. The number of nitrogens with zero attached hydrogens (tertiary/aromatic N) is 2. The van der Waals surface area contributed by atoms with E-state index in [9.17, 15) is 19.9 Å². The fraction of sp³-hybridized carbons (Fsp3) is 0.100. The lowest BCUT2D eigenvalue weighted by Gasteiger charge is -2.08. The Morgan fingerprint density at radius 1 is 1.53 bits per heavy atom. The second-order valence-electron chi connectivity index (χ2n) is 3.29. The predicted octanol–water partition coefficient (Wildman–Crippen LogP) is -0.301. The molecular formula is C10H9N3O4. The molecular weight excluding hydrogens is 226 g/mol. The van der Waals surface area contributed by atoms with Crippen LogP contribution in [-0.2, 0) is 0 Å². The van der Waals surface area contributed by atoms with E-state index >= 15 is 0 Å². The van der Waals surface area contributed by atoms with Gasteiger partial charge in [-0.3, -0.25) is 9.59 Å². The molecule has 2 aromatic heterocycles. The van der Waals surface area contributed by atoms with Crippen molar-refractivity contribution in [2.24, 2.45) is 0 Å². The third kappa shape index (κ3) is 1.48. The quantitative estimate of drug-likeness (QED) is 0.588. The van der Waals surface area contributed by atoms with Crippen LogP contribution in [0.25, 0.3) is 11.0 Å². The number of fused-ring (bicyclic) bond motifs is 1. The Bertz CT molecular complexity index is 662. The van der Waals surface area contributed by atoms with Gasteiger partial charge in [0.25, 0.3) is 5.91 Å². The summed E-state index contributed by atoms with van der Waals surface area (Å²) >= 11 is 0. The van der Waals surface area contributed by atoms with Gasteiger partial charge < -0.3 is 15.6 Å². The van der Waals surface area contributed by atoms with Crippen molar-refractivity contribution in [2.75, 3.05) is 7.05 Å². The van der Waals surface area contributed by atoms with Crippen molar-refractivity contribution < 1.29 is 15.1 Å². The van der Waals surface area contributed by atoms with E-state index in [0.717, 1.165) is 0 Å². The standard InChI is InChI=1S/C10H9N3O4/c1-11-9(15)6-7(14)5-3-2-4-12-8(5)13(17)10(6)16/h2-4,14,17H,1H3,(H,11,15). The van der Waals surface area contributed by atoms with Gasteiger partial charge in [-0.15, -0.1) is 4.73 Å². The van der Waals surface area contributed by atoms with Crippen LogP contribution in [-0.4, -0.2) is 33.0 Å². The monoisotopic (exact) mass is 235 g/mol. The maximum Gasteiger partial charge on any atom is 0.301 e. The largest absolute Gasteiger partial charge is 0.506 e. The normalized spacial score (nSPS) is 10.4. The predicted molar refractivity (Wildman–Crippen MR) is 58.2 cm³/mol. The summed E-state index contributed by atoms with van der Waals surface area (Å²) in [7, 11) is 1.32. The molecule has 0 aliphatic carbocycles. The van der Waals surface area contributed by atoms with Crippen LogP contribution < -0.4 is 10.9 Å². The SMILES string of the molecule is CNC(=O)c1c(O)c2cccnc2n(O)c1=O. The molecule has 2 aromatic rings. The third-order valence-corrected chi connectivity index (χ3v) is 2.34. The van der Waals surface area contributed by atoms with Crippen LogP contribution in [0.15, 0.2) is 23.1 Å². The first-order chi connectivity index (χ1) is 8.07. The Morgan fingerprint density at radius 2 is 2.24 bits per heavy atom. The zero-order chi connectivity index (χ0) is 12.6. The first-order valence-electron chi connectivity index (χ1n) is 4.72. The summed E-state index contributed by atoms with van der Waals surface area (Å²) in [6.45, 7) is 0. The van der Waals surface area contributed by atoms with E-state index in [0.29, 0.717) is 0 Å². The molecule has 88 valence electrons. The van der Waals surface area contributed by atoms with E-state index in [4.69, 9.17) is 0 Å². The zero-order valence-corrected chi connectivity index (χ0v) is 8.84. The Labute approximate surface area is 94.9 Å². The number of rotatable bonds is 1. The smallest absolute Gasteiger partial charge is 0.301 e. The van der Waals surface area contributed by atoms with E-state index in [-0.39, 0.29) is 15.8 Å². The molecule has 0 aromatic carbocycles. The molecule has 0 spiro atoms. The summed E-state index contributed by atoms with van der Waals surface area (Å²) in [5.41, 5.74) is -1.65. The number of hydrogen-bond donors (Lipinski definition) is 3. The number of aromatic hydroxyl groups is 1. The fourth-order valence-corrected chi connectivity index (χ4v) is 1.52. The van der Waals surface area contributed by atoms with Crippen LogP contribution in [0.1, 0.15) is 10.4 Å². The topological polar surface area (TPSA) is 104 Å². The van der Waals surface area contributed by atoms with Gasteiger partial charge in [-0.2, -0.15) is 0 Å². The van der Waals surface area contributed by atoms with E-state index in [2.05, 4.69) is 10.3 Å². The highest BCUT2D eigenvalue weighted by Crippen LogP contribution is 2.23. The Morgan fingerprint density at radius 3 is 2.88 bits per heavy atom. The number of nitrogens with one attached hydrogen (secondary N) is 1. The summed E-state index contributed by atoms with van der Waals surface area (Å²) in [5.74, 6) is -1.27. The van der Waals surface area contributed by atoms with Crippen molar-refractivity contribution in [3.63, 3.8) is 0 Å². The number of pyridine rings is 2. The van der Waals surface area contributed by atoms with Crippen molar-refractivity contribution in [1.82, 2.24) is 15.0 Å². The third-order valence-electron chi connectivity index (χ3n) is 2.34. The molecule has 0 aliphatic rings. The van der Waals surface area contributed by atoms with Crippen molar-refractivity contribution in [2.45, 2.75) is 0 Å². The Hall–Kier alpha value is -2.57. The maximum atomic E-state index is 11.7. The molecule has 2 heterocycles. The first-order valence-corrected chi connectivity index (χ1v) is 4.72. The van der Waals surface area contributed by atoms with Gasteiger partial charge in [-0.25, -0.2) is 4.98 Å². The van der Waals surface area contributed by atoms with Crippen molar-refractivity contribution in [3.05, 3.63) is 34.2 Å². The molecule has 0 radical (unpaired) electrons. The van der Waals surface area contributed by atoms with Crippen LogP contribution in [0.3, 0.4) is 0 Å². The lowest BCUT2D eigenvalue weighted by atomic mass is 10.1. The Kier molecular flexibility index (Phi) is 2.43. The summed E-state index contributed by atoms with van der Waals surface area (Å²) < 4.78 is 0.236. The summed E-state index contributed by atoms with van der Waals surface area (Å²) in [6, 6.07) is 2.95. The van der Waals surface area contributed by atoms with Gasteiger partial charge in [0.05, 0.1) is 5.39 Å². The molecule has 0 fully saturated rings. The number of aromatic nitrogens is 2. The van der Waals surface area contributed by atoms with Crippen LogP contribution in [0.4, 0.5) is 0 Å². The van der Waals surface area contributed by atoms with E-state index in [1.807, 2.05) is 0 Å². The molecule has 0 atom stereocenters. The molecule has 2 rings (SSSR count). The second kappa shape index (κ2) is 3.78. The molecule has 3 N–H and O–H groups in total. The van der Waals surface area contributed by atoms with Gasteiger partial charge in [0.2, 0.25) is 0 Å². The molecule has 0 saturated carbocycles. The minimum absolute atomic E-state index is 0.109. The second-order valence-corrected chi connectivity index (χ2v) is 3.29. The number of hydrogen-bond acceptors (Lipinski definition) is 5. The fourth-order valence-electron chi connectivity index (χ4n) is 1.52. The molecule has 7 nitrogen and oxygen atoms in total. The summed E-state index contributed by atoms with van der Waals surface area (Å²) in [4.78, 5) is 26.8. The number of carbonyl (C=O) groups is 1. The van der Waals surface area contributed by atoms with E-state index in [1.54, 1.807) is 0 Å². The number of amides is 1. The van der Waals surface area contributed by atoms with Gasteiger partial charge in [-0.1, -0.05) is 0 Å². The first kappa shape index (κ1) is 10.9. The van der Waals surface area contributed by atoms with Crippen LogP contribution in [0.2, 0.25) is 0 Å². The maximum absolute atomic E-state index is 11.7. The van der Waals surface area contributed by atoms with Crippen LogP contribution in [0, 0.1) is 0 Å². The van der Waals surface area contributed by atoms with Crippen molar-refractivity contribution >= 4 is 16.9 Å². The highest BCUT2D eigenvalue weighted by molar-refractivity contribution is 6.01. The molecule has 17 heavy (non-hydrogen) atoms. The molecule has 0 aliphatic heterocycles. The lowest BCUT2D eigenvalue weighted by Crippen LogP contribution is -2.31. The van der Waals surface area contributed by atoms with Crippen LogP contribution >= 0.6 is 0 Å². The van der Waals surface area contributed by atoms with Gasteiger partial charge in [0, 0.05) is 13.2 Å². The van der Waals surface area contributed by atoms with Crippen molar-refractivity contribution in [3.8, 4) is 5.75 Å². The van der Waals surface area contributed by atoms with Gasteiger partial charge in [-0.05, 0) is 12.1 Å². The van der Waals surface area contributed by atoms with E-state index in [1.165, 1.54) is 25.4 Å². The van der Waals surface area contributed by atoms with Gasteiger partial charge >= 0.3 is 5.56 Å².